The second kappa shape index (κ2) is 8.64. The average molecular weight is 539 g/mol. The van der Waals surface area contributed by atoms with Gasteiger partial charge in [-0.05, 0) is 42.5 Å². The van der Waals surface area contributed by atoms with Crippen molar-refractivity contribution in [3.63, 3.8) is 0 Å². The molecule has 1 aromatic heterocycles. The van der Waals surface area contributed by atoms with Crippen LogP contribution in [0, 0.1) is 0 Å². The number of nitrogens with zero attached hydrogens (tertiary/aromatic N) is 3. The largest absolute Gasteiger partial charge is 0.397 e. The van der Waals surface area contributed by atoms with Crippen molar-refractivity contribution in [3.8, 4) is 16.9 Å². The van der Waals surface area contributed by atoms with E-state index < -0.39 is 26.0 Å². The summed E-state index contributed by atoms with van der Waals surface area (Å²) in [4.78, 5) is 13.5. The fourth-order valence-electron chi connectivity index (χ4n) is 4.14. The molecule has 1 amide bonds. The summed E-state index contributed by atoms with van der Waals surface area (Å²) in [6.07, 6.45) is 1.03. The molecule has 4 aromatic rings. The molecule has 0 aliphatic carbocycles. The molecule has 1 aliphatic heterocycles. The van der Waals surface area contributed by atoms with Crippen LogP contribution < -0.4 is 20.1 Å². The highest BCUT2D eigenvalue weighted by atomic mass is 32.2. The summed E-state index contributed by atoms with van der Waals surface area (Å²) in [5.74, 6) is -0.658. The molecule has 0 spiro atoms. The Morgan fingerprint density at radius 3 is 2.24 bits per heavy atom. The number of para-hydroxylation sites is 2. The maximum atomic E-state index is 13.4. The Labute approximate surface area is 213 Å². The fourth-order valence-corrected chi connectivity index (χ4v) is 6.10. The lowest BCUT2D eigenvalue weighted by Gasteiger charge is -2.27. The van der Waals surface area contributed by atoms with E-state index in [1.54, 1.807) is 42.5 Å². The minimum atomic E-state index is -3.96. The van der Waals surface area contributed by atoms with Gasteiger partial charge in [0.2, 0.25) is 10.0 Å². The second-order valence-electron chi connectivity index (χ2n) is 8.39. The van der Waals surface area contributed by atoms with E-state index in [0.29, 0.717) is 34.0 Å². The topological polar surface area (TPSA) is 156 Å². The molecule has 4 N–H and O–H groups in total. The highest BCUT2D eigenvalue weighted by molar-refractivity contribution is 7.93. The molecule has 0 bridgehead atoms. The monoisotopic (exact) mass is 538 g/mol. The number of rotatable bonds is 5. The molecule has 5 rings (SSSR count). The molecule has 11 nitrogen and oxygen atoms in total. The van der Waals surface area contributed by atoms with Gasteiger partial charge in [-0.2, -0.15) is 5.10 Å². The van der Waals surface area contributed by atoms with E-state index in [1.165, 1.54) is 42.1 Å². The number of sulfonamides is 2. The Morgan fingerprint density at radius 1 is 0.946 bits per heavy atom. The highest BCUT2D eigenvalue weighted by Crippen LogP contribution is 2.45. The van der Waals surface area contributed by atoms with Crippen molar-refractivity contribution in [2.24, 2.45) is 0 Å². The highest BCUT2D eigenvalue weighted by Gasteiger charge is 2.40. The van der Waals surface area contributed by atoms with Gasteiger partial charge in [0.1, 0.15) is 11.4 Å². The average Bonchev–Trinajstić information content (AvgIpc) is 3.24. The van der Waals surface area contributed by atoms with Crippen LogP contribution in [0.25, 0.3) is 16.9 Å². The first-order chi connectivity index (χ1) is 17.5. The number of hydrogen-bond donors (Lipinski definition) is 3. The van der Waals surface area contributed by atoms with Gasteiger partial charge >= 0.3 is 0 Å². The molecule has 13 heteroatoms. The first-order valence-electron chi connectivity index (χ1n) is 10.9. The van der Waals surface area contributed by atoms with Gasteiger partial charge in [0.05, 0.1) is 22.5 Å². The van der Waals surface area contributed by atoms with Crippen molar-refractivity contribution >= 4 is 48.7 Å². The summed E-state index contributed by atoms with van der Waals surface area (Å²) in [5, 5.41) is 7.23. The molecule has 1 aliphatic rings. The zero-order valence-corrected chi connectivity index (χ0v) is 21.3. The van der Waals surface area contributed by atoms with Crippen LogP contribution in [0.15, 0.2) is 77.7 Å². The van der Waals surface area contributed by atoms with E-state index in [-0.39, 0.29) is 16.3 Å². The Hall–Kier alpha value is -4.36. The van der Waals surface area contributed by atoms with Gasteiger partial charge in [-0.1, -0.05) is 30.3 Å². The van der Waals surface area contributed by atoms with Gasteiger partial charge in [0.15, 0.2) is 5.69 Å². The lowest BCUT2D eigenvalue weighted by Crippen LogP contribution is -2.32. The molecular weight excluding hydrogens is 516 g/mol. The Morgan fingerprint density at radius 2 is 1.57 bits per heavy atom. The number of anilines is 4. The molecule has 0 unspecified atom stereocenters. The van der Waals surface area contributed by atoms with Crippen LogP contribution in [0.5, 0.6) is 0 Å². The molecule has 0 saturated heterocycles. The molecule has 3 aromatic carbocycles. The fraction of sp³-hybridized carbons (Fsp3) is 0.0833. The van der Waals surface area contributed by atoms with E-state index in [9.17, 15) is 21.6 Å². The summed E-state index contributed by atoms with van der Waals surface area (Å²) in [7, 11) is -6.05. The maximum Gasteiger partial charge on any atom is 0.278 e. The predicted octanol–water partition coefficient (Wildman–Crippen LogP) is 2.88. The first kappa shape index (κ1) is 24.3. The van der Waals surface area contributed by atoms with Crippen LogP contribution in [-0.2, 0) is 20.0 Å². The number of hydrogen-bond acceptors (Lipinski definition) is 7. The van der Waals surface area contributed by atoms with Crippen molar-refractivity contribution in [3.05, 3.63) is 78.5 Å². The Bertz CT molecular complexity index is 1760. The molecule has 0 radical (unpaired) electrons. The van der Waals surface area contributed by atoms with E-state index in [1.807, 2.05) is 0 Å². The van der Waals surface area contributed by atoms with Gasteiger partial charge in [-0.25, -0.2) is 21.5 Å². The van der Waals surface area contributed by atoms with E-state index in [2.05, 4.69) is 15.1 Å². The van der Waals surface area contributed by atoms with Crippen molar-refractivity contribution < 1.29 is 21.6 Å². The summed E-state index contributed by atoms with van der Waals surface area (Å²) >= 11 is 0. The lowest BCUT2D eigenvalue weighted by molar-refractivity contribution is 0.102. The van der Waals surface area contributed by atoms with E-state index >= 15 is 0 Å². The summed E-state index contributed by atoms with van der Waals surface area (Å²) in [5.41, 5.74) is 8.55. The summed E-state index contributed by atoms with van der Waals surface area (Å²) in [6.45, 7) is 0. The first-order valence-corrected chi connectivity index (χ1v) is 14.3. The molecule has 0 atom stereocenters. The number of nitrogen functional groups attached to an aromatic ring is 1. The van der Waals surface area contributed by atoms with Crippen molar-refractivity contribution in [2.45, 2.75) is 4.90 Å². The zero-order chi connectivity index (χ0) is 26.5. The van der Waals surface area contributed by atoms with Gasteiger partial charge in [-0.15, -0.1) is 0 Å². The third-order valence-corrected chi connectivity index (χ3v) is 8.20. The Balaban J connectivity index is 1.65. The molecule has 0 saturated carbocycles. The summed E-state index contributed by atoms with van der Waals surface area (Å²) in [6, 6.07) is 19.4. The number of carbonyl (C=O) groups is 1. The molecule has 37 heavy (non-hydrogen) atoms. The summed E-state index contributed by atoms with van der Waals surface area (Å²) < 4.78 is 54.4. The van der Waals surface area contributed by atoms with Gasteiger partial charge in [-0.3, -0.25) is 13.8 Å². The zero-order valence-electron chi connectivity index (χ0n) is 19.7. The maximum absolute atomic E-state index is 13.4. The smallest absolute Gasteiger partial charge is 0.278 e. The quantitative estimate of drug-likeness (QED) is 0.330. The van der Waals surface area contributed by atoms with Crippen LogP contribution in [-0.4, -0.2) is 45.8 Å². The van der Waals surface area contributed by atoms with Crippen molar-refractivity contribution in [1.82, 2.24) is 9.78 Å². The van der Waals surface area contributed by atoms with Crippen LogP contribution in [0.1, 0.15) is 10.5 Å². The standard InChI is InChI=1S/C24H22N6O5S2/c1-29-23-21(24(31)26-15-11-13-16(14-12-15)28-36(2,32)33)27-30(19-9-5-4-8-18(19)25)22(23)17-7-3-6-10-20(17)37(29,34)35/h3-14,28H,25H2,1-2H3,(H,26,31). The third-order valence-electron chi connectivity index (χ3n) is 5.78. The van der Waals surface area contributed by atoms with Crippen molar-refractivity contribution in [1.29, 1.82) is 0 Å². The molecule has 190 valence electrons. The number of nitrogens with two attached hydrogens (primary N) is 1. The molecule has 0 fully saturated rings. The SMILES string of the molecule is CN1c2c(C(=O)Nc3ccc(NS(C)(=O)=O)cc3)nn(-c3ccccc3N)c2-c2ccccc2S1(=O)=O. The predicted molar refractivity (Wildman–Crippen MR) is 142 cm³/mol. The van der Waals surface area contributed by atoms with Crippen LogP contribution >= 0.6 is 0 Å². The van der Waals surface area contributed by atoms with Gasteiger partial charge in [0, 0.05) is 24.0 Å². The van der Waals surface area contributed by atoms with E-state index in [0.717, 1.165) is 10.6 Å². The third kappa shape index (κ3) is 4.27. The number of aromatic nitrogens is 2. The molecular formula is C24H22N6O5S2. The minimum Gasteiger partial charge on any atom is -0.397 e. The second-order valence-corrected chi connectivity index (χ2v) is 12.1. The van der Waals surface area contributed by atoms with Gasteiger partial charge in [0.25, 0.3) is 15.9 Å². The number of nitrogens with one attached hydrogen (secondary N) is 2. The van der Waals surface area contributed by atoms with Crippen molar-refractivity contribution in [2.75, 3.05) is 33.4 Å². The number of amides is 1. The number of fused-ring (bicyclic) bond motifs is 3. The van der Waals surface area contributed by atoms with Crippen LogP contribution in [0.4, 0.5) is 22.7 Å². The van der Waals surface area contributed by atoms with Crippen LogP contribution in [0.3, 0.4) is 0 Å². The number of benzene rings is 3. The number of carbonyl (C=O) groups excluding carboxylic acids is 1. The van der Waals surface area contributed by atoms with Gasteiger partial charge < -0.3 is 11.1 Å². The molecule has 2 heterocycles. The van der Waals surface area contributed by atoms with Crippen LogP contribution in [0.2, 0.25) is 0 Å². The van der Waals surface area contributed by atoms with E-state index in [4.69, 9.17) is 5.73 Å². The normalized spacial score (nSPS) is 13.9. The minimum absolute atomic E-state index is 0.0848. The Kier molecular flexibility index (Phi) is 5.68. The lowest BCUT2D eigenvalue weighted by atomic mass is 10.1.